The number of hydrogen-bond donors (Lipinski definition) is 2. The van der Waals surface area contributed by atoms with Crippen molar-refractivity contribution in [3.05, 3.63) is 425 Å². The molecule has 0 saturated carbocycles. The normalized spacial score (nSPS) is 12.7. The number of fused-ring (bicyclic) bond motifs is 12. The molecule has 0 spiro atoms. The van der Waals surface area contributed by atoms with Crippen LogP contribution in [0.1, 0.15) is 7.43 Å². The summed E-state index contributed by atoms with van der Waals surface area (Å²) in [6.45, 7) is 0.514. The number of nitrogens with zero attached hydrogens (tertiary/aromatic N) is 5. The van der Waals surface area contributed by atoms with Gasteiger partial charge in [0.2, 0.25) is 0 Å². The summed E-state index contributed by atoms with van der Waals surface area (Å²) in [7, 11) is 0. The average molecular weight is 1440 g/mol. The molecule has 17 aromatic rings. The summed E-state index contributed by atoms with van der Waals surface area (Å²) in [5.41, 5.74) is 39.3. The zero-order valence-corrected chi connectivity index (χ0v) is 61.4. The molecule has 17 aromatic carbocycles. The second-order valence-corrected chi connectivity index (χ2v) is 29.2. The van der Waals surface area contributed by atoms with Crippen molar-refractivity contribution >= 4 is 177 Å². The van der Waals surface area contributed by atoms with Crippen molar-refractivity contribution in [1.82, 2.24) is 0 Å². The molecule has 10 heteroatoms. The topological polar surface area (TPSA) is 40.3 Å². The molecule has 0 aromatic heterocycles. The minimum atomic E-state index is 0. The van der Waals surface area contributed by atoms with E-state index in [1.807, 2.05) is 0 Å². The molecule has 0 aliphatic carbocycles. The van der Waals surface area contributed by atoms with Crippen molar-refractivity contribution in [2.45, 2.75) is 7.43 Å². The monoisotopic (exact) mass is 1440 g/mol. The van der Waals surface area contributed by atoms with Crippen LogP contribution in [0.5, 0.6) is 0 Å². The van der Waals surface area contributed by atoms with Gasteiger partial charge in [0.25, 0.3) is 20.1 Å². The Morgan fingerprint density at radius 2 is 0.487 bits per heavy atom. The Balaban J connectivity index is 0.000000125. The summed E-state index contributed by atoms with van der Waals surface area (Å²) < 4.78 is 0. The molecule has 0 bridgehead atoms. The molecule has 532 valence electrons. The van der Waals surface area contributed by atoms with Gasteiger partial charge in [-0.2, -0.15) is 0 Å². The van der Waals surface area contributed by atoms with Crippen molar-refractivity contribution in [1.29, 1.82) is 0 Å². The minimum absolute atomic E-state index is 0. The fourth-order valence-corrected chi connectivity index (χ4v) is 18.2. The van der Waals surface area contributed by atoms with E-state index in [9.17, 15) is 0 Å². The van der Waals surface area contributed by atoms with E-state index < -0.39 is 0 Å². The van der Waals surface area contributed by atoms with Gasteiger partial charge in [-0.3, -0.25) is 0 Å². The number of hydrogen-bond acceptors (Lipinski definition) is 7. The van der Waals surface area contributed by atoms with Gasteiger partial charge in [0.05, 0.1) is 0 Å². The van der Waals surface area contributed by atoms with Crippen LogP contribution in [0.2, 0.25) is 0 Å². The molecule has 0 amide bonds. The highest BCUT2D eigenvalue weighted by Gasteiger charge is 2.46. The first-order valence-corrected chi connectivity index (χ1v) is 38.7. The summed E-state index contributed by atoms with van der Waals surface area (Å²) in [5, 5.41) is 7.14. The van der Waals surface area contributed by atoms with Gasteiger partial charge < -0.3 is 35.1 Å². The van der Waals surface area contributed by atoms with Crippen molar-refractivity contribution < 1.29 is 0 Å². The Morgan fingerprint density at radius 1 is 0.186 bits per heavy atom. The van der Waals surface area contributed by atoms with Crippen LogP contribution < -0.4 is 84.3 Å². The van der Waals surface area contributed by atoms with Crippen molar-refractivity contribution in [3.63, 3.8) is 0 Å². The SMILES string of the molecule is C.c1ccc(-c2cccc(N3c4cc(-c5ccccc5)ccc4B4c5ccc(N(c6ccccc6)c6ccccc6)cc5N(c5ccccc5)c5cccc3c54)c2)cc1.c1ccc(N2c3ccccc3B3c4ccccc4N(c4ccccc4)c4cccc2c43)cc1.c1ccc2c(c1)Nc1cccc3c1B2c1ccccc1N3. The molecule has 6 aliphatic rings. The first-order chi connectivity index (χ1) is 55.6. The maximum absolute atomic E-state index is 3.57. The first-order valence-electron chi connectivity index (χ1n) is 38.7. The lowest BCUT2D eigenvalue weighted by Crippen LogP contribution is -2.61. The largest absolute Gasteiger partial charge is 0.356 e. The second-order valence-electron chi connectivity index (χ2n) is 29.2. The Morgan fingerprint density at radius 3 is 0.956 bits per heavy atom. The first kappa shape index (κ1) is 67.9. The number of rotatable bonds is 9. The fourth-order valence-electron chi connectivity index (χ4n) is 18.2. The molecule has 0 fully saturated rings. The van der Waals surface area contributed by atoms with Gasteiger partial charge in [-0.05, 0) is 223 Å². The zero-order chi connectivity index (χ0) is 74.0. The van der Waals surface area contributed by atoms with Gasteiger partial charge in [0.1, 0.15) is 0 Å². The van der Waals surface area contributed by atoms with E-state index in [1.165, 1.54) is 151 Å². The van der Waals surface area contributed by atoms with Crippen LogP contribution in [0.25, 0.3) is 22.3 Å². The van der Waals surface area contributed by atoms with Crippen molar-refractivity contribution in [3.8, 4) is 22.3 Å². The number of anilines is 19. The fraction of sp³-hybridized carbons (Fsp3) is 0.00971. The van der Waals surface area contributed by atoms with E-state index >= 15 is 0 Å². The lowest BCUT2D eigenvalue weighted by Gasteiger charge is -2.44. The van der Waals surface area contributed by atoms with Crippen LogP contribution >= 0.6 is 0 Å². The lowest BCUT2D eigenvalue weighted by atomic mass is 9.33. The number of para-hydroxylation sites is 9. The maximum atomic E-state index is 3.57. The van der Waals surface area contributed by atoms with Crippen molar-refractivity contribution in [2.24, 2.45) is 0 Å². The van der Waals surface area contributed by atoms with Gasteiger partial charge in [0.15, 0.2) is 0 Å². The molecule has 113 heavy (non-hydrogen) atoms. The maximum Gasteiger partial charge on any atom is 0.252 e. The highest BCUT2D eigenvalue weighted by molar-refractivity contribution is 7.02. The van der Waals surface area contributed by atoms with E-state index in [0.29, 0.717) is 6.71 Å². The van der Waals surface area contributed by atoms with Crippen LogP contribution in [-0.2, 0) is 0 Å². The predicted molar refractivity (Wildman–Crippen MR) is 484 cm³/mol. The Bertz CT molecular complexity index is 6180. The van der Waals surface area contributed by atoms with Gasteiger partial charge in [0, 0.05) is 108 Å². The van der Waals surface area contributed by atoms with Gasteiger partial charge in [-0.15, -0.1) is 0 Å². The standard InChI is InChI=1S/C54H38BN3.C30H21BN2.C18H13BN2.CH4/c1-6-18-39(19-7-1)41-22-16-29-46(36-41)58-51-31-17-30-50-54(51)55(48-34-32-42(37-52(48)58)40-20-8-2-9-21-40)49-35-33-47(38-53(49)57(50)45-27-14-5-15-28-45)56(43-23-10-3-11-24-43)44-25-12-4-13-26-44;1-3-12-22(13-4-1)32-26-18-9-7-16-24(26)31-25-17-8-10-19-27(25)33(23-14-5-2-6-15-23)29-21-11-20-28(32)30(29)31;1-3-8-14-12(6-1)19-13-7-2-4-9-15(13)21-17-11-5-10-16(20-14)18(17)19;/h1-38H;1-21H;1-11,20-21H;1H4. The zero-order valence-electron chi connectivity index (χ0n) is 61.4. The molecule has 0 unspecified atom stereocenters. The van der Waals surface area contributed by atoms with Crippen LogP contribution in [0.3, 0.4) is 0 Å². The van der Waals surface area contributed by atoms with Crippen LogP contribution in [0.15, 0.2) is 425 Å². The summed E-state index contributed by atoms with van der Waals surface area (Å²) in [6.07, 6.45) is 0. The molecule has 7 nitrogen and oxygen atoms in total. The average Bonchev–Trinajstić information content (AvgIpc) is 0.706. The Kier molecular flexibility index (Phi) is 17.3. The van der Waals surface area contributed by atoms with Crippen LogP contribution in [0.4, 0.5) is 108 Å². The van der Waals surface area contributed by atoms with E-state index in [1.54, 1.807) is 0 Å². The molecule has 6 aliphatic heterocycles. The quantitative estimate of drug-likeness (QED) is 0.140. The van der Waals surface area contributed by atoms with Crippen LogP contribution in [-0.4, -0.2) is 20.1 Å². The van der Waals surface area contributed by atoms with Crippen molar-refractivity contribution in [2.75, 3.05) is 35.1 Å². The molecule has 6 heterocycles. The number of nitrogens with one attached hydrogen (secondary N) is 2. The third kappa shape index (κ3) is 11.7. The number of benzene rings is 17. The smallest absolute Gasteiger partial charge is 0.252 e. The highest BCUT2D eigenvalue weighted by atomic mass is 15.2. The lowest BCUT2D eigenvalue weighted by molar-refractivity contribution is 1.24. The molecular formula is C103H76B3N7. The van der Waals surface area contributed by atoms with E-state index in [2.05, 4.69) is 460 Å². The summed E-state index contributed by atoms with van der Waals surface area (Å²) in [4.78, 5) is 12.2. The molecular weight excluding hydrogens is 1370 g/mol. The van der Waals surface area contributed by atoms with E-state index in [0.717, 1.165) is 28.4 Å². The molecule has 2 N–H and O–H groups in total. The third-order valence-electron chi connectivity index (χ3n) is 22.9. The van der Waals surface area contributed by atoms with Crippen LogP contribution in [0, 0.1) is 0 Å². The minimum Gasteiger partial charge on any atom is -0.356 e. The second kappa shape index (κ2) is 28.8. The van der Waals surface area contributed by atoms with E-state index in [4.69, 9.17) is 0 Å². The Labute approximate surface area is 662 Å². The third-order valence-corrected chi connectivity index (χ3v) is 22.9. The van der Waals surface area contributed by atoms with Gasteiger partial charge >= 0.3 is 0 Å². The summed E-state index contributed by atoms with van der Waals surface area (Å²) in [6, 6.07) is 153. The highest BCUT2D eigenvalue weighted by Crippen LogP contribution is 2.49. The Hall–Kier alpha value is -14.5. The van der Waals surface area contributed by atoms with Gasteiger partial charge in [-0.1, -0.05) is 280 Å². The molecule has 0 radical (unpaired) electrons. The van der Waals surface area contributed by atoms with Gasteiger partial charge in [-0.25, -0.2) is 0 Å². The molecule has 0 saturated heterocycles. The summed E-state index contributed by atoms with van der Waals surface area (Å²) >= 11 is 0. The van der Waals surface area contributed by atoms with E-state index in [-0.39, 0.29) is 20.9 Å². The summed E-state index contributed by atoms with van der Waals surface area (Å²) in [5.74, 6) is 0. The molecule has 0 atom stereocenters. The molecule has 23 rings (SSSR count). The predicted octanol–water partition coefficient (Wildman–Crippen LogP) is 21.3.